The Morgan fingerprint density at radius 2 is 1.85 bits per heavy atom. The Morgan fingerprint density at radius 3 is 2.54 bits per heavy atom. The van der Waals surface area contributed by atoms with Crippen LogP contribution >= 0.6 is 23.4 Å². The van der Waals surface area contributed by atoms with E-state index in [4.69, 9.17) is 25.8 Å². The highest BCUT2D eigenvalue weighted by Gasteiger charge is 2.36. The average Bonchev–Trinajstić information content (AvgIpc) is 3.16. The minimum Gasteiger partial charge on any atom is -0.497 e. The minimum atomic E-state index is -0.566. The van der Waals surface area contributed by atoms with Crippen molar-refractivity contribution in [2.45, 2.75) is 20.5 Å². The van der Waals surface area contributed by atoms with Gasteiger partial charge >= 0.3 is 0 Å². The molecule has 1 aliphatic heterocycles. The lowest BCUT2D eigenvalue weighted by Gasteiger charge is -2.15. The van der Waals surface area contributed by atoms with Gasteiger partial charge in [0.2, 0.25) is 5.91 Å². The number of imide groups is 1. The van der Waals surface area contributed by atoms with Gasteiger partial charge in [-0.2, -0.15) is 0 Å². The molecule has 1 N–H and O–H groups in total. The standard InChI is InChI=1S/C29H27ClN2O6S/c1-4-37-24-14-20(13-23(30)27(24)38-17-19-7-5-6-18(2)12-19)15-25-28(34)32(29(35)39-25)16-26(33)31-21-8-10-22(36-3)11-9-21/h5-15H,4,16-17H2,1-3H3,(H,31,33)/b25-15+. The van der Waals surface area contributed by atoms with Gasteiger partial charge in [0.1, 0.15) is 18.9 Å². The number of methoxy groups -OCH3 is 1. The number of carbonyl (C=O) groups excluding carboxylic acids is 3. The van der Waals surface area contributed by atoms with Crippen LogP contribution in [-0.2, 0) is 16.2 Å². The number of halogens is 1. The number of amides is 3. The second-order valence-electron chi connectivity index (χ2n) is 8.59. The molecule has 3 aromatic carbocycles. The third-order valence-electron chi connectivity index (χ3n) is 5.64. The highest BCUT2D eigenvalue weighted by molar-refractivity contribution is 8.18. The second-order valence-corrected chi connectivity index (χ2v) is 9.99. The third-order valence-corrected chi connectivity index (χ3v) is 6.83. The van der Waals surface area contributed by atoms with Crippen molar-refractivity contribution in [3.05, 3.63) is 87.3 Å². The molecule has 0 spiro atoms. The van der Waals surface area contributed by atoms with Gasteiger partial charge in [-0.25, -0.2) is 0 Å². The van der Waals surface area contributed by atoms with E-state index in [1.54, 1.807) is 49.6 Å². The highest BCUT2D eigenvalue weighted by Crippen LogP contribution is 2.39. The number of hydrogen-bond acceptors (Lipinski definition) is 7. The molecule has 3 aromatic rings. The lowest BCUT2D eigenvalue weighted by Crippen LogP contribution is -2.36. The van der Waals surface area contributed by atoms with Gasteiger partial charge in [0.25, 0.3) is 11.1 Å². The predicted octanol–water partition coefficient (Wildman–Crippen LogP) is 6.31. The molecule has 0 unspecified atom stereocenters. The maximum atomic E-state index is 13.0. The molecule has 1 aliphatic rings. The number of anilines is 1. The van der Waals surface area contributed by atoms with Crippen LogP contribution < -0.4 is 19.5 Å². The van der Waals surface area contributed by atoms with Gasteiger partial charge in [0, 0.05) is 5.69 Å². The number of hydrogen-bond donors (Lipinski definition) is 1. The van der Waals surface area contributed by atoms with Crippen molar-refractivity contribution >= 4 is 52.2 Å². The molecule has 1 saturated heterocycles. The molecule has 1 fully saturated rings. The molecule has 0 aromatic heterocycles. The molecule has 0 bridgehead atoms. The maximum Gasteiger partial charge on any atom is 0.294 e. The van der Waals surface area contributed by atoms with E-state index in [2.05, 4.69) is 5.32 Å². The molecule has 8 nitrogen and oxygen atoms in total. The molecule has 0 aliphatic carbocycles. The summed E-state index contributed by atoms with van der Waals surface area (Å²) in [5.74, 6) is 0.384. The zero-order chi connectivity index (χ0) is 27.9. The van der Waals surface area contributed by atoms with Gasteiger partial charge in [-0.15, -0.1) is 0 Å². The summed E-state index contributed by atoms with van der Waals surface area (Å²) >= 11 is 7.30. The molecule has 202 valence electrons. The maximum absolute atomic E-state index is 13.0. The molecule has 0 saturated carbocycles. The fraction of sp³-hybridized carbons (Fsp3) is 0.207. The van der Waals surface area contributed by atoms with E-state index in [0.717, 1.165) is 27.8 Å². The Kier molecular flexibility index (Phi) is 9.16. The van der Waals surface area contributed by atoms with E-state index in [0.29, 0.717) is 46.7 Å². The number of nitrogens with one attached hydrogen (secondary N) is 1. The van der Waals surface area contributed by atoms with Crippen LogP contribution in [0.5, 0.6) is 17.2 Å². The molecular weight excluding hydrogens is 540 g/mol. The summed E-state index contributed by atoms with van der Waals surface area (Å²) in [5.41, 5.74) is 3.18. The summed E-state index contributed by atoms with van der Waals surface area (Å²) in [5, 5.41) is 2.44. The first-order valence-corrected chi connectivity index (χ1v) is 13.3. The van der Waals surface area contributed by atoms with Gasteiger partial charge in [-0.1, -0.05) is 41.4 Å². The SMILES string of the molecule is CCOc1cc(/C=C2/SC(=O)N(CC(=O)Nc3ccc(OC)cc3)C2=O)cc(Cl)c1OCc1cccc(C)c1. The van der Waals surface area contributed by atoms with E-state index >= 15 is 0 Å². The van der Waals surface area contributed by atoms with E-state index in [-0.39, 0.29) is 4.91 Å². The Morgan fingerprint density at radius 1 is 1.08 bits per heavy atom. The number of thioether (sulfide) groups is 1. The zero-order valence-electron chi connectivity index (χ0n) is 21.7. The van der Waals surface area contributed by atoms with Crippen LogP contribution in [0.4, 0.5) is 10.5 Å². The number of ether oxygens (including phenoxy) is 3. The zero-order valence-corrected chi connectivity index (χ0v) is 23.2. The Labute approximate surface area is 235 Å². The van der Waals surface area contributed by atoms with E-state index in [1.165, 1.54) is 0 Å². The van der Waals surface area contributed by atoms with Crippen molar-refractivity contribution in [1.82, 2.24) is 4.90 Å². The second kappa shape index (κ2) is 12.7. The number of nitrogens with zero attached hydrogens (tertiary/aromatic N) is 1. The summed E-state index contributed by atoms with van der Waals surface area (Å²) in [6.07, 6.45) is 1.55. The Bertz CT molecular complexity index is 1420. The number of rotatable bonds is 10. The van der Waals surface area contributed by atoms with Gasteiger partial charge in [0.15, 0.2) is 11.5 Å². The number of carbonyl (C=O) groups is 3. The topological polar surface area (TPSA) is 94.2 Å². The fourth-order valence-electron chi connectivity index (χ4n) is 3.84. The lowest BCUT2D eigenvalue weighted by molar-refractivity contribution is -0.127. The molecule has 39 heavy (non-hydrogen) atoms. The average molecular weight is 567 g/mol. The fourth-order valence-corrected chi connectivity index (χ4v) is 4.95. The quantitative estimate of drug-likeness (QED) is 0.287. The highest BCUT2D eigenvalue weighted by atomic mass is 35.5. The molecule has 10 heteroatoms. The van der Waals surface area contributed by atoms with Crippen molar-refractivity contribution in [2.75, 3.05) is 25.6 Å². The number of benzene rings is 3. The summed E-state index contributed by atoms with van der Waals surface area (Å²) < 4.78 is 16.8. The molecule has 1 heterocycles. The van der Waals surface area contributed by atoms with Crippen LogP contribution in [0.3, 0.4) is 0 Å². The first kappa shape index (κ1) is 28.1. The van der Waals surface area contributed by atoms with E-state index in [1.807, 2.05) is 38.1 Å². The molecule has 0 atom stereocenters. The summed E-state index contributed by atoms with van der Waals surface area (Å²) in [6.45, 7) is 4.11. The molecule has 4 rings (SSSR count). The van der Waals surface area contributed by atoms with Crippen LogP contribution in [0, 0.1) is 6.92 Å². The van der Waals surface area contributed by atoms with Gasteiger partial charge in [0.05, 0.1) is 23.6 Å². The van der Waals surface area contributed by atoms with Crippen LogP contribution in [0.1, 0.15) is 23.6 Å². The van der Waals surface area contributed by atoms with Crippen LogP contribution in [0.2, 0.25) is 5.02 Å². The number of aryl methyl sites for hydroxylation is 1. The monoisotopic (exact) mass is 566 g/mol. The predicted molar refractivity (Wildman–Crippen MR) is 152 cm³/mol. The van der Waals surface area contributed by atoms with Crippen LogP contribution in [0.15, 0.2) is 65.6 Å². The van der Waals surface area contributed by atoms with Crippen LogP contribution in [-0.4, -0.2) is 42.2 Å². The van der Waals surface area contributed by atoms with Crippen molar-refractivity contribution < 1.29 is 28.6 Å². The van der Waals surface area contributed by atoms with Gasteiger partial charge in [-0.3, -0.25) is 19.3 Å². The minimum absolute atomic E-state index is 0.171. The van der Waals surface area contributed by atoms with E-state index in [9.17, 15) is 14.4 Å². The normalized spacial score (nSPS) is 14.1. The van der Waals surface area contributed by atoms with Gasteiger partial charge in [-0.05, 0) is 79.2 Å². The summed E-state index contributed by atoms with van der Waals surface area (Å²) in [7, 11) is 1.54. The molecule has 3 amide bonds. The largest absolute Gasteiger partial charge is 0.497 e. The lowest BCUT2D eigenvalue weighted by atomic mass is 10.1. The first-order valence-electron chi connectivity index (χ1n) is 12.1. The first-order chi connectivity index (χ1) is 18.8. The summed E-state index contributed by atoms with van der Waals surface area (Å²) in [4.78, 5) is 39.1. The molecule has 0 radical (unpaired) electrons. The third kappa shape index (κ3) is 7.13. The van der Waals surface area contributed by atoms with Crippen molar-refractivity contribution in [3.63, 3.8) is 0 Å². The van der Waals surface area contributed by atoms with Crippen LogP contribution in [0.25, 0.3) is 6.08 Å². The molecular formula is C29H27ClN2O6S. The van der Waals surface area contributed by atoms with E-state index < -0.39 is 23.6 Å². The Hall–Kier alpha value is -3.95. The smallest absolute Gasteiger partial charge is 0.294 e. The Balaban J connectivity index is 1.47. The van der Waals surface area contributed by atoms with Gasteiger partial charge < -0.3 is 19.5 Å². The van der Waals surface area contributed by atoms with Crippen molar-refractivity contribution in [1.29, 1.82) is 0 Å². The summed E-state index contributed by atoms with van der Waals surface area (Å²) in [6, 6.07) is 18.0. The van der Waals surface area contributed by atoms with Crippen molar-refractivity contribution in [2.24, 2.45) is 0 Å². The van der Waals surface area contributed by atoms with Crippen molar-refractivity contribution in [3.8, 4) is 17.2 Å².